The fourth-order valence-corrected chi connectivity index (χ4v) is 0.966. The van der Waals surface area contributed by atoms with Crippen molar-refractivity contribution < 1.29 is 4.39 Å². The van der Waals surface area contributed by atoms with Crippen molar-refractivity contribution in [2.45, 2.75) is 19.9 Å². The Balaban J connectivity index is 2.50. The van der Waals surface area contributed by atoms with Gasteiger partial charge in [0.1, 0.15) is 0 Å². The van der Waals surface area contributed by atoms with E-state index in [4.69, 9.17) is 5.73 Å². The summed E-state index contributed by atoms with van der Waals surface area (Å²) in [5, 5.41) is 2.88. The van der Waals surface area contributed by atoms with E-state index < -0.39 is 0 Å². The van der Waals surface area contributed by atoms with Crippen LogP contribution in [0.3, 0.4) is 0 Å². The Morgan fingerprint density at radius 1 is 1.57 bits per heavy atom. The first kappa shape index (κ1) is 10.9. The summed E-state index contributed by atoms with van der Waals surface area (Å²) in [4.78, 5) is 3.87. The Morgan fingerprint density at radius 3 is 2.86 bits per heavy atom. The Labute approximate surface area is 83.5 Å². The van der Waals surface area contributed by atoms with E-state index in [0.717, 1.165) is 0 Å². The highest BCUT2D eigenvalue weighted by molar-refractivity contribution is 5.35. The van der Waals surface area contributed by atoms with Gasteiger partial charge in [-0.05, 0) is 18.1 Å². The van der Waals surface area contributed by atoms with Crippen molar-refractivity contribution in [1.82, 2.24) is 4.98 Å². The van der Waals surface area contributed by atoms with E-state index in [1.165, 1.54) is 6.07 Å². The molecule has 0 bridgehead atoms. The number of hydrogen-bond donors (Lipinski definition) is 2. The molecule has 0 spiro atoms. The quantitative estimate of drug-likeness (QED) is 0.771. The van der Waals surface area contributed by atoms with Crippen LogP contribution in [0.1, 0.15) is 13.8 Å². The van der Waals surface area contributed by atoms with Gasteiger partial charge in [-0.3, -0.25) is 0 Å². The standard InChI is InChI=1S/C10H16FN3/c1-7(2)9(12)6-14-10-8(11)4-3-5-13-10/h3-5,7,9H,6,12H2,1-2H3,(H,13,14). The molecule has 1 atom stereocenters. The fraction of sp³-hybridized carbons (Fsp3) is 0.500. The van der Waals surface area contributed by atoms with Crippen molar-refractivity contribution >= 4 is 5.82 Å². The molecule has 0 aliphatic carbocycles. The maximum absolute atomic E-state index is 13.1. The van der Waals surface area contributed by atoms with Gasteiger partial charge in [0, 0.05) is 18.8 Å². The number of aromatic nitrogens is 1. The molecule has 0 aliphatic heterocycles. The smallest absolute Gasteiger partial charge is 0.165 e. The first-order valence-corrected chi connectivity index (χ1v) is 4.71. The van der Waals surface area contributed by atoms with Gasteiger partial charge in [-0.25, -0.2) is 9.37 Å². The SMILES string of the molecule is CC(C)C(N)CNc1ncccc1F. The highest BCUT2D eigenvalue weighted by atomic mass is 19.1. The van der Waals surface area contributed by atoms with Crippen LogP contribution in [0.15, 0.2) is 18.3 Å². The third-order valence-electron chi connectivity index (χ3n) is 2.12. The van der Waals surface area contributed by atoms with Crippen molar-refractivity contribution in [1.29, 1.82) is 0 Å². The Kier molecular flexibility index (Phi) is 3.83. The average Bonchev–Trinajstić information content (AvgIpc) is 2.16. The minimum atomic E-state index is -0.344. The molecule has 14 heavy (non-hydrogen) atoms. The van der Waals surface area contributed by atoms with E-state index in [2.05, 4.69) is 10.3 Å². The van der Waals surface area contributed by atoms with Gasteiger partial charge in [0.2, 0.25) is 0 Å². The average molecular weight is 197 g/mol. The lowest BCUT2D eigenvalue weighted by atomic mass is 10.1. The van der Waals surface area contributed by atoms with Crippen LogP contribution < -0.4 is 11.1 Å². The van der Waals surface area contributed by atoms with Gasteiger partial charge in [0.15, 0.2) is 11.6 Å². The molecule has 1 aromatic rings. The summed E-state index contributed by atoms with van der Waals surface area (Å²) in [5.74, 6) is 0.293. The largest absolute Gasteiger partial charge is 0.366 e. The number of halogens is 1. The second kappa shape index (κ2) is 4.91. The molecular weight excluding hydrogens is 181 g/mol. The summed E-state index contributed by atoms with van der Waals surface area (Å²) in [6, 6.07) is 2.94. The van der Waals surface area contributed by atoms with E-state index in [0.29, 0.717) is 12.5 Å². The molecule has 1 aromatic heterocycles. The van der Waals surface area contributed by atoms with Crippen molar-refractivity contribution in [3.8, 4) is 0 Å². The third-order valence-corrected chi connectivity index (χ3v) is 2.12. The van der Waals surface area contributed by atoms with Gasteiger partial charge >= 0.3 is 0 Å². The summed E-state index contributed by atoms with van der Waals surface area (Å²) in [7, 11) is 0. The number of nitrogens with one attached hydrogen (secondary N) is 1. The van der Waals surface area contributed by atoms with Crippen molar-refractivity contribution in [3.63, 3.8) is 0 Å². The molecule has 0 amide bonds. The molecule has 4 heteroatoms. The molecule has 0 radical (unpaired) electrons. The van der Waals surface area contributed by atoms with Crippen molar-refractivity contribution in [3.05, 3.63) is 24.1 Å². The van der Waals surface area contributed by atoms with E-state index in [1.54, 1.807) is 12.3 Å². The second-order valence-electron chi connectivity index (χ2n) is 3.62. The second-order valence-corrected chi connectivity index (χ2v) is 3.62. The Morgan fingerprint density at radius 2 is 2.29 bits per heavy atom. The number of anilines is 1. The van der Waals surface area contributed by atoms with Gasteiger partial charge in [0.25, 0.3) is 0 Å². The number of nitrogens with zero attached hydrogens (tertiary/aromatic N) is 1. The molecule has 0 saturated heterocycles. The van der Waals surface area contributed by atoms with E-state index in [1.807, 2.05) is 13.8 Å². The Hall–Kier alpha value is -1.16. The lowest BCUT2D eigenvalue weighted by Gasteiger charge is -2.16. The summed E-state index contributed by atoms with van der Waals surface area (Å²) >= 11 is 0. The molecule has 0 saturated carbocycles. The predicted molar refractivity (Wildman–Crippen MR) is 55.5 cm³/mol. The van der Waals surface area contributed by atoms with E-state index in [-0.39, 0.29) is 17.7 Å². The summed E-state index contributed by atoms with van der Waals surface area (Å²) in [5.41, 5.74) is 5.80. The molecule has 0 fully saturated rings. The predicted octanol–water partition coefficient (Wildman–Crippen LogP) is 1.62. The summed E-state index contributed by atoms with van der Waals surface area (Å²) in [6.07, 6.45) is 1.55. The van der Waals surface area contributed by atoms with Crippen molar-refractivity contribution in [2.24, 2.45) is 11.7 Å². The lowest BCUT2D eigenvalue weighted by Crippen LogP contribution is -2.34. The molecule has 1 heterocycles. The van der Waals surface area contributed by atoms with Crippen LogP contribution in [0.4, 0.5) is 10.2 Å². The molecule has 3 N–H and O–H groups in total. The summed E-state index contributed by atoms with van der Waals surface area (Å²) < 4.78 is 13.1. The molecule has 0 aromatic carbocycles. The first-order chi connectivity index (χ1) is 6.61. The highest BCUT2D eigenvalue weighted by Crippen LogP contribution is 2.08. The highest BCUT2D eigenvalue weighted by Gasteiger charge is 2.08. The maximum Gasteiger partial charge on any atom is 0.165 e. The minimum absolute atomic E-state index is 0.0106. The van der Waals surface area contributed by atoms with Gasteiger partial charge in [0.05, 0.1) is 0 Å². The minimum Gasteiger partial charge on any atom is -0.366 e. The topological polar surface area (TPSA) is 50.9 Å². The molecular formula is C10H16FN3. The fourth-order valence-electron chi connectivity index (χ4n) is 0.966. The third kappa shape index (κ3) is 2.96. The van der Waals surface area contributed by atoms with Crippen LogP contribution in [-0.4, -0.2) is 17.6 Å². The van der Waals surface area contributed by atoms with E-state index >= 15 is 0 Å². The maximum atomic E-state index is 13.1. The number of rotatable bonds is 4. The Bertz CT molecular complexity index is 288. The van der Waals surface area contributed by atoms with Gasteiger partial charge in [-0.1, -0.05) is 13.8 Å². The zero-order valence-electron chi connectivity index (χ0n) is 8.50. The van der Waals surface area contributed by atoms with Crippen LogP contribution in [0.5, 0.6) is 0 Å². The number of hydrogen-bond acceptors (Lipinski definition) is 3. The molecule has 78 valence electrons. The summed E-state index contributed by atoms with van der Waals surface area (Å²) in [6.45, 7) is 4.59. The monoisotopic (exact) mass is 197 g/mol. The first-order valence-electron chi connectivity index (χ1n) is 4.71. The number of pyridine rings is 1. The van der Waals surface area contributed by atoms with Crippen LogP contribution in [-0.2, 0) is 0 Å². The van der Waals surface area contributed by atoms with Crippen LogP contribution in [0.25, 0.3) is 0 Å². The molecule has 1 unspecified atom stereocenters. The van der Waals surface area contributed by atoms with Gasteiger partial charge < -0.3 is 11.1 Å². The van der Waals surface area contributed by atoms with Crippen LogP contribution in [0, 0.1) is 11.7 Å². The lowest BCUT2D eigenvalue weighted by molar-refractivity contribution is 0.509. The zero-order valence-corrected chi connectivity index (χ0v) is 8.50. The van der Waals surface area contributed by atoms with Crippen LogP contribution >= 0.6 is 0 Å². The normalized spacial score (nSPS) is 12.9. The molecule has 1 rings (SSSR count). The molecule has 0 aliphatic rings. The van der Waals surface area contributed by atoms with Gasteiger partial charge in [-0.2, -0.15) is 0 Å². The molecule has 3 nitrogen and oxygen atoms in total. The van der Waals surface area contributed by atoms with E-state index in [9.17, 15) is 4.39 Å². The zero-order chi connectivity index (χ0) is 10.6. The van der Waals surface area contributed by atoms with Gasteiger partial charge in [-0.15, -0.1) is 0 Å². The van der Waals surface area contributed by atoms with Crippen molar-refractivity contribution in [2.75, 3.05) is 11.9 Å². The van der Waals surface area contributed by atoms with Crippen LogP contribution in [0.2, 0.25) is 0 Å². The number of nitrogens with two attached hydrogens (primary N) is 1.